The largest absolute Gasteiger partial charge is 0.472 e. The summed E-state index contributed by atoms with van der Waals surface area (Å²) in [6, 6.07) is 23.5. The Balaban J connectivity index is 1.46. The summed E-state index contributed by atoms with van der Waals surface area (Å²) < 4.78 is 5.15. The topological polar surface area (TPSA) is 55.1 Å². The van der Waals surface area contributed by atoms with Crippen LogP contribution in [-0.4, -0.2) is 10.9 Å². The number of hydrogen-bond acceptors (Lipinski definition) is 3. The molecular weight excluding hydrogens is 348 g/mol. The van der Waals surface area contributed by atoms with Gasteiger partial charge in [-0.3, -0.25) is 4.79 Å². The van der Waals surface area contributed by atoms with Gasteiger partial charge < -0.3 is 9.73 Å². The maximum Gasteiger partial charge on any atom is 0.257 e. The molecule has 28 heavy (non-hydrogen) atoms. The van der Waals surface area contributed by atoms with E-state index in [-0.39, 0.29) is 5.91 Å². The molecule has 1 N–H and O–H groups in total. The Bertz CT molecular complexity index is 1300. The smallest absolute Gasteiger partial charge is 0.257 e. The number of fused-ring (bicyclic) bond motifs is 2. The van der Waals surface area contributed by atoms with Crippen LogP contribution >= 0.6 is 0 Å². The summed E-state index contributed by atoms with van der Waals surface area (Å²) in [5.74, 6) is 0.361. The number of aromatic nitrogens is 1. The molecule has 2 aromatic heterocycles. The van der Waals surface area contributed by atoms with Gasteiger partial charge in [-0.05, 0) is 46.0 Å². The SMILES string of the molecule is O=C(Nc1cc2ccc(-c3ccoc3)cc2cn1)c1cccc2ccccc12. The van der Waals surface area contributed by atoms with Crippen molar-refractivity contribution in [3.63, 3.8) is 0 Å². The fraction of sp³-hybridized carbons (Fsp3) is 0. The first-order valence-corrected chi connectivity index (χ1v) is 8.99. The van der Waals surface area contributed by atoms with Crippen molar-refractivity contribution in [1.82, 2.24) is 4.98 Å². The van der Waals surface area contributed by atoms with E-state index in [0.29, 0.717) is 11.4 Å². The number of anilines is 1. The van der Waals surface area contributed by atoms with Crippen LogP contribution < -0.4 is 5.32 Å². The minimum Gasteiger partial charge on any atom is -0.472 e. The number of benzene rings is 3. The Hall–Kier alpha value is -3.92. The molecule has 0 aliphatic rings. The average molecular weight is 364 g/mol. The van der Waals surface area contributed by atoms with Gasteiger partial charge in [0.25, 0.3) is 5.91 Å². The number of pyridine rings is 1. The van der Waals surface area contributed by atoms with Gasteiger partial charge in [0.2, 0.25) is 0 Å². The molecule has 5 rings (SSSR count). The third-order valence-corrected chi connectivity index (χ3v) is 4.85. The van der Waals surface area contributed by atoms with Gasteiger partial charge >= 0.3 is 0 Å². The van der Waals surface area contributed by atoms with Gasteiger partial charge in [0.15, 0.2) is 0 Å². The quantitative estimate of drug-likeness (QED) is 0.433. The molecule has 0 spiro atoms. The molecule has 0 aliphatic heterocycles. The first kappa shape index (κ1) is 16.3. The van der Waals surface area contributed by atoms with Crippen molar-refractivity contribution in [3.8, 4) is 11.1 Å². The van der Waals surface area contributed by atoms with Crippen molar-refractivity contribution in [2.24, 2.45) is 0 Å². The predicted molar refractivity (Wildman–Crippen MR) is 111 cm³/mol. The molecule has 0 fully saturated rings. The van der Waals surface area contributed by atoms with Crippen LogP contribution in [0.25, 0.3) is 32.7 Å². The van der Waals surface area contributed by atoms with Crippen molar-refractivity contribution in [3.05, 3.63) is 97.1 Å². The van der Waals surface area contributed by atoms with Gasteiger partial charge in [-0.25, -0.2) is 4.98 Å². The zero-order valence-corrected chi connectivity index (χ0v) is 14.9. The summed E-state index contributed by atoms with van der Waals surface area (Å²) in [7, 11) is 0. The zero-order valence-electron chi connectivity index (χ0n) is 14.9. The lowest BCUT2D eigenvalue weighted by Crippen LogP contribution is -2.13. The zero-order chi connectivity index (χ0) is 18.9. The molecule has 2 heterocycles. The standard InChI is InChI=1S/C24H16N2O2/c27-24(22-7-3-5-16-4-1-2-6-21(16)22)26-23-13-18-9-8-17(12-20(18)14-25-23)19-10-11-28-15-19/h1-15H,(H,25,26,27). The highest BCUT2D eigenvalue weighted by Crippen LogP contribution is 2.26. The number of rotatable bonds is 3. The van der Waals surface area contributed by atoms with Gasteiger partial charge in [-0.1, -0.05) is 48.5 Å². The van der Waals surface area contributed by atoms with E-state index in [9.17, 15) is 4.79 Å². The second-order valence-corrected chi connectivity index (χ2v) is 6.62. The second kappa shape index (κ2) is 6.67. The van der Waals surface area contributed by atoms with Crippen molar-refractivity contribution >= 4 is 33.3 Å². The molecular formula is C24H16N2O2. The van der Waals surface area contributed by atoms with Crippen molar-refractivity contribution in [1.29, 1.82) is 0 Å². The molecule has 3 aromatic carbocycles. The number of nitrogens with one attached hydrogen (secondary N) is 1. The Labute approximate surface area is 161 Å². The number of furan rings is 1. The fourth-order valence-corrected chi connectivity index (χ4v) is 3.43. The van der Waals surface area contributed by atoms with E-state index in [4.69, 9.17) is 4.42 Å². The first-order chi connectivity index (χ1) is 13.8. The van der Waals surface area contributed by atoms with E-state index in [0.717, 1.165) is 32.7 Å². The van der Waals surface area contributed by atoms with Crippen LogP contribution in [0.15, 0.2) is 95.9 Å². The second-order valence-electron chi connectivity index (χ2n) is 6.62. The fourth-order valence-electron chi connectivity index (χ4n) is 3.43. The van der Waals surface area contributed by atoms with Gasteiger partial charge in [-0.2, -0.15) is 0 Å². The molecule has 0 bridgehead atoms. The number of carbonyl (C=O) groups excluding carboxylic acids is 1. The van der Waals surface area contributed by atoms with E-state index in [1.165, 1.54) is 0 Å². The first-order valence-electron chi connectivity index (χ1n) is 8.99. The highest BCUT2D eigenvalue weighted by Gasteiger charge is 2.11. The van der Waals surface area contributed by atoms with Gasteiger partial charge in [0.05, 0.1) is 12.5 Å². The van der Waals surface area contributed by atoms with E-state index in [1.54, 1.807) is 18.7 Å². The third kappa shape index (κ3) is 2.91. The molecule has 0 aliphatic carbocycles. The van der Waals surface area contributed by atoms with Crippen molar-refractivity contribution in [2.45, 2.75) is 0 Å². The Morgan fingerprint density at radius 2 is 1.71 bits per heavy atom. The molecule has 1 amide bonds. The van der Waals surface area contributed by atoms with Gasteiger partial charge in [-0.15, -0.1) is 0 Å². The third-order valence-electron chi connectivity index (χ3n) is 4.85. The highest BCUT2D eigenvalue weighted by atomic mass is 16.3. The van der Waals surface area contributed by atoms with Crippen LogP contribution in [0.2, 0.25) is 0 Å². The number of carbonyl (C=O) groups is 1. The van der Waals surface area contributed by atoms with Crippen LogP contribution in [0.1, 0.15) is 10.4 Å². The molecule has 4 heteroatoms. The summed E-state index contributed by atoms with van der Waals surface area (Å²) in [5.41, 5.74) is 2.72. The van der Waals surface area contributed by atoms with Gasteiger partial charge in [0, 0.05) is 22.7 Å². The van der Waals surface area contributed by atoms with Crippen LogP contribution in [-0.2, 0) is 0 Å². The average Bonchev–Trinajstić information content (AvgIpc) is 3.28. The van der Waals surface area contributed by atoms with E-state index >= 15 is 0 Å². The minimum atomic E-state index is -0.168. The lowest BCUT2D eigenvalue weighted by molar-refractivity contribution is 0.102. The molecule has 134 valence electrons. The van der Waals surface area contributed by atoms with Crippen LogP contribution in [0.3, 0.4) is 0 Å². The maximum absolute atomic E-state index is 12.8. The summed E-state index contributed by atoms with van der Waals surface area (Å²) in [4.78, 5) is 17.2. The normalized spacial score (nSPS) is 11.0. The van der Waals surface area contributed by atoms with E-state index in [2.05, 4.69) is 16.4 Å². The molecule has 0 atom stereocenters. The van der Waals surface area contributed by atoms with Crippen molar-refractivity contribution in [2.75, 3.05) is 5.32 Å². The minimum absolute atomic E-state index is 0.168. The molecule has 4 nitrogen and oxygen atoms in total. The molecule has 0 radical (unpaired) electrons. The van der Waals surface area contributed by atoms with Crippen LogP contribution in [0.5, 0.6) is 0 Å². The van der Waals surface area contributed by atoms with Gasteiger partial charge in [0.1, 0.15) is 5.82 Å². The van der Waals surface area contributed by atoms with E-state index in [1.807, 2.05) is 66.7 Å². The Kier molecular flexibility index (Phi) is 3.87. The Morgan fingerprint density at radius 1 is 0.821 bits per heavy atom. The molecule has 0 saturated carbocycles. The Morgan fingerprint density at radius 3 is 2.61 bits per heavy atom. The van der Waals surface area contributed by atoms with Crippen LogP contribution in [0.4, 0.5) is 5.82 Å². The maximum atomic E-state index is 12.8. The number of amides is 1. The highest BCUT2D eigenvalue weighted by molar-refractivity contribution is 6.13. The molecule has 5 aromatic rings. The predicted octanol–water partition coefficient (Wildman–Crippen LogP) is 5.90. The lowest BCUT2D eigenvalue weighted by atomic mass is 10.0. The monoisotopic (exact) mass is 364 g/mol. The molecule has 0 unspecified atom stereocenters. The van der Waals surface area contributed by atoms with E-state index < -0.39 is 0 Å². The van der Waals surface area contributed by atoms with Crippen molar-refractivity contribution < 1.29 is 9.21 Å². The van der Waals surface area contributed by atoms with Crippen LogP contribution in [0, 0.1) is 0 Å². The number of hydrogen-bond donors (Lipinski definition) is 1. The molecule has 0 saturated heterocycles. The summed E-state index contributed by atoms with van der Waals surface area (Å²) in [6.45, 7) is 0. The summed E-state index contributed by atoms with van der Waals surface area (Å²) in [5, 5.41) is 6.89. The lowest BCUT2D eigenvalue weighted by Gasteiger charge is -2.09. The summed E-state index contributed by atoms with van der Waals surface area (Å²) in [6.07, 6.45) is 5.15. The summed E-state index contributed by atoms with van der Waals surface area (Å²) >= 11 is 0. The number of nitrogens with zero attached hydrogens (tertiary/aromatic N) is 1.